The predicted octanol–water partition coefficient (Wildman–Crippen LogP) is 3.74. The molecular formula is C24H19F3N6O3S. The first-order valence-electron chi connectivity index (χ1n) is 10.5. The van der Waals surface area contributed by atoms with Gasteiger partial charge in [0.25, 0.3) is 5.91 Å². The Morgan fingerprint density at radius 1 is 0.973 bits per heavy atom. The maximum absolute atomic E-state index is 13.4. The van der Waals surface area contributed by atoms with E-state index in [9.17, 15) is 26.4 Å². The Kier molecular flexibility index (Phi) is 6.59. The molecule has 0 atom stereocenters. The number of nitrogens with two attached hydrogens (primary N) is 2. The summed E-state index contributed by atoms with van der Waals surface area (Å²) in [5, 5.41) is 18.9. The number of nitrogens with zero attached hydrogens (tertiary/aromatic N) is 2. The summed E-state index contributed by atoms with van der Waals surface area (Å²) in [5.74, 6) is -1.19. The van der Waals surface area contributed by atoms with Crippen LogP contribution in [0.1, 0.15) is 21.7 Å². The molecule has 3 aromatic carbocycles. The second-order valence-electron chi connectivity index (χ2n) is 7.86. The first-order chi connectivity index (χ1) is 17.3. The standard InChI is InChI=1S/C24H19F3N6O3S/c25-24(26,27)21-13-19(33(32-21)17-5-3-4-15(12-17)22(28)29)23(34)31-16-10-8-14(9-11-16)18-6-1-2-7-20(18)37(30,35)36/h1-13H,(H3,28,29)(H,31,34)(H2,30,35,36). The number of halogens is 3. The zero-order chi connectivity index (χ0) is 27.0. The molecule has 190 valence electrons. The fourth-order valence-electron chi connectivity index (χ4n) is 3.56. The number of hydrogen-bond donors (Lipinski definition) is 4. The lowest BCUT2D eigenvalue weighted by Gasteiger charge is -2.11. The molecule has 6 N–H and O–H groups in total. The molecule has 4 rings (SSSR count). The maximum atomic E-state index is 13.4. The molecule has 0 unspecified atom stereocenters. The number of alkyl halides is 3. The van der Waals surface area contributed by atoms with E-state index in [2.05, 4.69) is 10.4 Å². The number of carbonyl (C=O) groups excluding carboxylic acids is 1. The summed E-state index contributed by atoms with van der Waals surface area (Å²) in [7, 11) is -3.99. The van der Waals surface area contributed by atoms with E-state index >= 15 is 0 Å². The molecule has 0 saturated carbocycles. The van der Waals surface area contributed by atoms with E-state index in [4.69, 9.17) is 16.3 Å². The molecule has 9 nitrogen and oxygen atoms in total. The number of amides is 1. The van der Waals surface area contributed by atoms with Crippen LogP contribution in [-0.2, 0) is 16.2 Å². The number of sulfonamides is 1. The van der Waals surface area contributed by atoms with Gasteiger partial charge in [-0.05, 0) is 35.9 Å². The number of rotatable bonds is 6. The Morgan fingerprint density at radius 2 is 1.65 bits per heavy atom. The molecule has 0 saturated heterocycles. The van der Waals surface area contributed by atoms with E-state index in [-0.39, 0.29) is 27.7 Å². The highest BCUT2D eigenvalue weighted by atomic mass is 32.2. The van der Waals surface area contributed by atoms with Crippen LogP contribution < -0.4 is 16.2 Å². The van der Waals surface area contributed by atoms with Crippen molar-refractivity contribution < 1.29 is 26.4 Å². The van der Waals surface area contributed by atoms with Gasteiger partial charge in [0, 0.05) is 22.9 Å². The van der Waals surface area contributed by atoms with Gasteiger partial charge in [0.1, 0.15) is 11.5 Å². The van der Waals surface area contributed by atoms with Crippen molar-refractivity contribution in [1.82, 2.24) is 9.78 Å². The number of primary sulfonamides is 1. The van der Waals surface area contributed by atoms with Crippen LogP contribution in [0, 0.1) is 5.41 Å². The molecule has 37 heavy (non-hydrogen) atoms. The molecule has 1 heterocycles. The Labute approximate surface area is 209 Å². The van der Waals surface area contributed by atoms with Crippen molar-refractivity contribution in [2.75, 3.05) is 5.32 Å². The van der Waals surface area contributed by atoms with Crippen molar-refractivity contribution in [3.8, 4) is 16.8 Å². The van der Waals surface area contributed by atoms with Gasteiger partial charge < -0.3 is 11.1 Å². The number of nitrogen functional groups attached to an aromatic ring is 1. The Bertz CT molecular complexity index is 1610. The second-order valence-corrected chi connectivity index (χ2v) is 9.39. The largest absolute Gasteiger partial charge is 0.435 e. The fourth-order valence-corrected chi connectivity index (χ4v) is 4.33. The third-order valence-electron chi connectivity index (χ3n) is 5.28. The minimum atomic E-state index is -4.81. The van der Waals surface area contributed by atoms with Crippen molar-refractivity contribution >= 4 is 27.5 Å². The van der Waals surface area contributed by atoms with Gasteiger partial charge >= 0.3 is 6.18 Å². The molecule has 0 radical (unpaired) electrons. The normalized spacial score (nSPS) is 11.8. The van der Waals surface area contributed by atoms with Crippen LogP contribution in [0.25, 0.3) is 16.8 Å². The highest BCUT2D eigenvalue weighted by Crippen LogP contribution is 2.31. The number of hydrogen-bond acceptors (Lipinski definition) is 5. The van der Waals surface area contributed by atoms with Gasteiger partial charge in [-0.3, -0.25) is 10.2 Å². The van der Waals surface area contributed by atoms with Crippen molar-refractivity contribution in [1.29, 1.82) is 5.41 Å². The average Bonchev–Trinajstić information content (AvgIpc) is 3.31. The molecule has 1 aromatic heterocycles. The van der Waals surface area contributed by atoms with Crippen LogP contribution in [0.4, 0.5) is 18.9 Å². The van der Waals surface area contributed by atoms with E-state index in [1.807, 2.05) is 0 Å². The van der Waals surface area contributed by atoms with Gasteiger partial charge in [-0.1, -0.05) is 42.5 Å². The van der Waals surface area contributed by atoms with E-state index in [0.717, 1.165) is 4.68 Å². The quantitative estimate of drug-likeness (QED) is 0.221. The lowest BCUT2D eigenvalue weighted by Crippen LogP contribution is -2.17. The number of benzene rings is 3. The van der Waals surface area contributed by atoms with Gasteiger partial charge in [0.2, 0.25) is 10.0 Å². The number of carbonyl (C=O) groups is 1. The van der Waals surface area contributed by atoms with Gasteiger partial charge in [-0.2, -0.15) is 18.3 Å². The second kappa shape index (κ2) is 9.52. The Balaban J connectivity index is 1.67. The average molecular weight is 529 g/mol. The molecule has 4 aromatic rings. The summed E-state index contributed by atoms with van der Waals surface area (Å²) in [6.45, 7) is 0. The molecule has 0 fully saturated rings. The van der Waals surface area contributed by atoms with Gasteiger partial charge in [-0.25, -0.2) is 18.2 Å². The molecule has 0 aliphatic carbocycles. The fraction of sp³-hybridized carbons (Fsp3) is 0.0417. The molecule has 1 amide bonds. The zero-order valence-electron chi connectivity index (χ0n) is 18.8. The van der Waals surface area contributed by atoms with Crippen molar-refractivity contribution in [2.45, 2.75) is 11.1 Å². The van der Waals surface area contributed by atoms with Crippen LogP contribution in [0.5, 0.6) is 0 Å². The van der Waals surface area contributed by atoms with Crippen LogP contribution in [0.15, 0.2) is 83.8 Å². The summed E-state index contributed by atoms with van der Waals surface area (Å²) < 4.78 is 64.8. The summed E-state index contributed by atoms with van der Waals surface area (Å²) in [6.07, 6.45) is -4.81. The number of amidine groups is 1. The van der Waals surface area contributed by atoms with Crippen molar-refractivity contribution in [3.05, 3.63) is 95.8 Å². The van der Waals surface area contributed by atoms with Gasteiger partial charge in [-0.15, -0.1) is 0 Å². The highest BCUT2D eigenvalue weighted by Gasteiger charge is 2.36. The lowest BCUT2D eigenvalue weighted by atomic mass is 10.1. The van der Waals surface area contributed by atoms with Crippen LogP contribution in [0.3, 0.4) is 0 Å². The van der Waals surface area contributed by atoms with Crippen LogP contribution >= 0.6 is 0 Å². The zero-order valence-corrected chi connectivity index (χ0v) is 19.6. The SMILES string of the molecule is N=C(N)c1cccc(-n2nc(C(F)(F)F)cc2C(=O)Nc2ccc(-c3ccccc3S(N)(=O)=O)cc2)c1. The Morgan fingerprint density at radius 3 is 2.27 bits per heavy atom. The van der Waals surface area contributed by atoms with E-state index in [0.29, 0.717) is 17.2 Å². The number of anilines is 1. The molecule has 0 aliphatic heterocycles. The first-order valence-corrected chi connectivity index (χ1v) is 12.0. The van der Waals surface area contributed by atoms with Crippen molar-refractivity contribution in [3.63, 3.8) is 0 Å². The van der Waals surface area contributed by atoms with E-state index in [1.54, 1.807) is 12.1 Å². The minimum Gasteiger partial charge on any atom is -0.384 e. The summed E-state index contributed by atoms with van der Waals surface area (Å²) >= 11 is 0. The van der Waals surface area contributed by atoms with Gasteiger partial charge in [0.15, 0.2) is 5.69 Å². The monoisotopic (exact) mass is 528 g/mol. The third kappa shape index (κ3) is 5.52. The van der Waals surface area contributed by atoms with E-state index in [1.165, 1.54) is 60.7 Å². The molecular weight excluding hydrogens is 509 g/mol. The summed E-state index contributed by atoms with van der Waals surface area (Å²) in [4.78, 5) is 12.9. The van der Waals surface area contributed by atoms with Crippen LogP contribution in [0.2, 0.25) is 0 Å². The molecule has 0 bridgehead atoms. The lowest BCUT2D eigenvalue weighted by molar-refractivity contribution is -0.141. The van der Waals surface area contributed by atoms with Crippen LogP contribution in [-0.4, -0.2) is 29.9 Å². The minimum absolute atomic E-state index is 0.0804. The molecule has 13 heteroatoms. The molecule has 0 aliphatic rings. The topological polar surface area (TPSA) is 157 Å². The Hall–Kier alpha value is -4.49. The highest BCUT2D eigenvalue weighted by molar-refractivity contribution is 7.89. The smallest absolute Gasteiger partial charge is 0.384 e. The van der Waals surface area contributed by atoms with Crippen molar-refractivity contribution in [2.24, 2.45) is 10.9 Å². The first kappa shape index (κ1) is 25.6. The van der Waals surface area contributed by atoms with Gasteiger partial charge in [0.05, 0.1) is 10.6 Å². The summed E-state index contributed by atoms with van der Waals surface area (Å²) in [6, 6.07) is 18.5. The predicted molar refractivity (Wildman–Crippen MR) is 131 cm³/mol. The molecule has 0 spiro atoms. The third-order valence-corrected chi connectivity index (χ3v) is 6.25. The van der Waals surface area contributed by atoms with E-state index < -0.39 is 33.5 Å². The number of aromatic nitrogens is 2. The summed E-state index contributed by atoms with van der Waals surface area (Å²) in [5.41, 5.74) is 5.21. The number of nitrogens with one attached hydrogen (secondary N) is 2. The maximum Gasteiger partial charge on any atom is 0.435 e.